The van der Waals surface area contributed by atoms with Gasteiger partial charge in [0.15, 0.2) is 6.20 Å². The second-order valence-electron chi connectivity index (χ2n) is 5.81. The molecule has 4 rings (SSSR count). The topological polar surface area (TPSA) is 20.0 Å². The molecule has 4 heteroatoms. The molecule has 0 atom stereocenters. The maximum Gasteiger partial charge on any atom is 0.233 e. The van der Waals surface area contributed by atoms with Crippen LogP contribution < -0.4 is 9.47 Å². The van der Waals surface area contributed by atoms with Gasteiger partial charge in [-0.1, -0.05) is 30.0 Å². The molecular weight excluding hydrogens is 302 g/mol. The summed E-state index contributed by atoms with van der Waals surface area (Å²) in [6, 6.07) is 13.0. The predicted molar refractivity (Wildman–Crippen MR) is 94.2 cm³/mol. The van der Waals surface area contributed by atoms with E-state index in [0.29, 0.717) is 0 Å². The van der Waals surface area contributed by atoms with Gasteiger partial charge in [-0.3, -0.25) is 4.98 Å². The first-order chi connectivity index (χ1) is 11.2. The molecule has 0 radical (unpaired) electrons. The molecule has 0 spiro atoms. The highest BCUT2D eigenvalue weighted by atomic mass is 32.2. The minimum atomic E-state index is 1.13. The lowest BCUT2D eigenvalue weighted by atomic mass is 10.0. The van der Waals surface area contributed by atoms with Crippen LogP contribution in [0.3, 0.4) is 0 Å². The van der Waals surface area contributed by atoms with Crippen molar-refractivity contribution < 1.29 is 4.57 Å². The second kappa shape index (κ2) is 5.39. The summed E-state index contributed by atoms with van der Waals surface area (Å²) in [4.78, 5) is 9.22. The Morgan fingerprint density at radius 2 is 1.91 bits per heavy atom. The van der Waals surface area contributed by atoms with Crippen molar-refractivity contribution in [3.8, 4) is 11.3 Å². The third kappa shape index (κ3) is 2.21. The summed E-state index contributed by atoms with van der Waals surface area (Å²) in [5, 5.41) is 0. The second-order valence-corrected chi connectivity index (χ2v) is 6.89. The zero-order valence-corrected chi connectivity index (χ0v) is 14.3. The summed E-state index contributed by atoms with van der Waals surface area (Å²) >= 11 is 1.84. The SMILES string of the molecule is Cc1ccc2c(c1-c1cncc[n+]1C)N(C)c1ccccc1S2. The summed E-state index contributed by atoms with van der Waals surface area (Å²) in [6.07, 6.45) is 5.77. The molecule has 3 aromatic rings. The van der Waals surface area contributed by atoms with Crippen LogP contribution in [0.25, 0.3) is 11.3 Å². The highest BCUT2D eigenvalue weighted by Gasteiger charge is 2.27. The summed E-state index contributed by atoms with van der Waals surface area (Å²) in [5.74, 6) is 0. The number of para-hydroxylation sites is 1. The molecule has 0 N–H and O–H groups in total. The molecule has 2 aromatic carbocycles. The largest absolute Gasteiger partial charge is 0.342 e. The van der Waals surface area contributed by atoms with E-state index in [1.165, 1.54) is 32.3 Å². The molecule has 1 aliphatic heterocycles. The molecule has 0 aliphatic carbocycles. The van der Waals surface area contributed by atoms with Crippen molar-refractivity contribution in [1.29, 1.82) is 0 Å². The van der Waals surface area contributed by atoms with E-state index in [2.05, 4.69) is 71.9 Å². The van der Waals surface area contributed by atoms with E-state index in [-0.39, 0.29) is 0 Å². The van der Waals surface area contributed by atoms with Gasteiger partial charge in [0.1, 0.15) is 7.05 Å². The number of aromatic nitrogens is 2. The van der Waals surface area contributed by atoms with E-state index in [0.717, 1.165) is 5.69 Å². The number of benzene rings is 2. The van der Waals surface area contributed by atoms with Crippen LogP contribution in [0.5, 0.6) is 0 Å². The fourth-order valence-electron chi connectivity index (χ4n) is 3.14. The molecule has 114 valence electrons. The first-order valence-electron chi connectivity index (χ1n) is 7.61. The van der Waals surface area contributed by atoms with Gasteiger partial charge in [-0.05, 0) is 30.7 Å². The monoisotopic (exact) mass is 320 g/mol. The predicted octanol–water partition coefficient (Wildman–Crippen LogP) is 4.11. The number of hydrogen-bond acceptors (Lipinski definition) is 3. The Morgan fingerprint density at radius 3 is 2.74 bits per heavy atom. The lowest BCUT2D eigenvalue weighted by molar-refractivity contribution is -0.660. The number of aryl methyl sites for hydroxylation is 2. The number of hydrogen-bond donors (Lipinski definition) is 0. The lowest BCUT2D eigenvalue weighted by Gasteiger charge is -2.31. The molecule has 0 saturated heterocycles. The van der Waals surface area contributed by atoms with Gasteiger partial charge in [0.25, 0.3) is 0 Å². The fraction of sp³-hybridized carbons (Fsp3) is 0.158. The van der Waals surface area contributed by atoms with Crippen molar-refractivity contribution >= 4 is 23.1 Å². The molecule has 0 amide bonds. The van der Waals surface area contributed by atoms with E-state index in [4.69, 9.17) is 0 Å². The van der Waals surface area contributed by atoms with Crippen LogP contribution >= 0.6 is 11.8 Å². The smallest absolute Gasteiger partial charge is 0.233 e. The quantitative estimate of drug-likeness (QED) is 0.629. The Kier molecular flexibility index (Phi) is 3.34. The number of nitrogens with zero attached hydrogens (tertiary/aromatic N) is 3. The Morgan fingerprint density at radius 1 is 1.09 bits per heavy atom. The third-order valence-corrected chi connectivity index (χ3v) is 5.45. The summed E-state index contributed by atoms with van der Waals surface area (Å²) in [6.45, 7) is 2.17. The van der Waals surface area contributed by atoms with Gasteiger partial charge in [0.05, 0.1) is 29.3 Å². The highest BCUT2D eigenvalue weighted by molar-refractivity contribution is 7.99. The Labute approximate surface area is 140 Å². The van der Waals surface area contributed by atoms with E-state index >= 15 is 0 Å². The van der Waals surface area contributed by atoms with Gasteiger partial charge in [-0.15, -0.1) is 0 Å². The molecule has 2 heterocycles. The van der Waals surface area contributed by atoms with E-state index in [9.17, 15) is 0 Å². The van der Waals surface area contributed by atoms with Gasteiger partial charge >= 0.3 is 0 Å². The van der Waals surface area contributed by atoms with Gasteiger partial charge < -0.3 is 4.90 Å². The minimum Gasteiger partial charge on any atom is -0.342 e. The number of rotatable bonds is 1. The van der Waals surface area contributed by atoms with Crippen LogP contribution in [0.4, 0.5) is 11.4 Å². The summed E-state index contributed by atoms with van der Waals surface area (Å²) in [5.41, 5.74) is 6.16. The molecule has 23 heavy (non-hydrogen) atoms. The molecule has 0 bridgehead atoms. The zero-order chi connectivity index (χ0) is 16.0. The molecule has 3 nitrogen and oxygen atoms in total. The maximum atomic E-state index is 4.34. The fourth-order valence-corrected chi connectivity index (χ4v) is 4.30. The Bertz CT molecular complexity index is 905. The third-order valence-electron chi connectivity index (χ3n) is 4.34. The average molecular weight is 320 g/mol. The van der Waals surface area contributed by atoms with Crippen molar-refractivity contribution in [2.75, 3.05) is 11.9 Å². The average Bonchev–Trinajstić information content (AvgIpc) is 2.57. The molecular formula is C19H18N3S+. The first-order valence-corrected chi connectivity index (χ1v) is 8.42. The van der Waals surface area contributed by atoms with E-state index < -0.39 is 0 Å². The zero-order valence-electron chi connectivity index (χ0n) is 13.4. The van der Waals surface area contributed by atoms with Crippen LogP contribution in [-0.2, 0) is 7.05 Å². The lowest BCUT2D eigenvalue weighted by Crippen LogP contribution is -2.31. The van der Waals surface area contributed by atoms with E-state index in [1.807, 2.05) is 30.4 Å². The van der Waals surface area contributed by atoms with Crippen molar-refractivity contribution in [2.45, 2.75) is 16.7 Å². The van der Waals surface area contributed by atoms with Crippen molar-refractivity contribution in [2.24, 2.45) is 7.05 Å². The van der Waals surface area contributed by atoms with Crippen molar-refractivity contribution in [1.82, 2.24) is 4.98 Å². The van der Waals surface area contributed by atoms with Crippen LogP contribution in [-0.4, -0.2) is 12.0 Å². The first kappa shape index (κ1) is 14.3. The van der Waals surface area contributed by atoms with E-state index in [1.54, 1.807) is 0 Å². The van der Waals surface area contributed by atoms with Gasteiger partial charge in [-0.2, -0.15) is 4.57 Å². The van der Waals surface area contributed by atoms with Gasteiger partial charge in [0, 0.05) is 16.8 Å². The summed E-state index contributed by atoms with van der Waals surface area (Å²) in [7, 11) is 4.22. The Hall–Kier alpha value is -2.33. The van der Waals surface area contributed by atoms with Crippen molar-refractivity contribution in [3.05, 3.63) is 60.6 Å². The molecule has 0 fully saturated rings. The van der Waals surface area contributed by atoms with Crippen LogP contribution in [0, 0.1) is 6.92 Å². The Balaban J connectivity index is 2.00. The molecule has 0 saturated carbocycles. The highest BCUT2D eigenvalue weighted by Crippen LogP contribution is 2.51. The van der Waals surface area contributed by atoms with Crippen molar-refractivity contribution in [3.63, 3.8) is 0 Å². The normalized spacial score (nSPS) is 12.7. The van der Waals surface area contributed by atoms with Crippen LogP contribution in [0.2, 0.25) is 0 Å². The number of anilines is 2. The minimum absolute atomic E-state index is 1.13. The maximum absolute atomic E-state index is 4.34. The molecule has 1 aliphatic rings. The summed E-state index contributed by atoms with van der Waals surface area (Å²) < 4.78 is 2.13. The van der Waals surface area contributed by atoms with Gasteiger partial charge in [0.2, 0.25) is 5.69 Å². The standard InChI is InChI=1S/C19H18N3S/c1-13-8-9-17-19(18(13)15-12-20-10-11-21(15)2)22(3)14-6-4-5-7-16(14)23-17/h4-12H,1-3H3/q+1. The molecule has 0 unspecified atom stereocenters. The van der Waals surface area contributed by atoms with Gasteiger partial charge in [-0.25, -0.2) is 0 Å². The number of fused-ring (bicyclic) bond motifs is 2. The molecule has 1 aromatic heterocycles. The van der Waals surface area contributed by atoms with Crippen LogP contribution in [0.1, 0.15) is 5.56 Å². The van der Waals surface area contributed by atoms with Crippen LogP contribution in [0.15, 0.2) is 64.8 Å².